The molecular weight excluding hydrogens is 322 g/mol. The van der Waals surface area contributed by atoms with Gasteiger partial charge in [-0.25, -0.2) is 5.43 Å². The van der Waals surface area contributed by atoms with E-state index in [2.05, 4.69) is 31.4 Å². The third kappa shape index (κ3) is 3.29. The maximum Gasteiger partial charge on any atom is 0.128 e. The number of aryl methyl sites for hydroxylation is 1. The summed E-state index contributed by atoms with van der Waals surface area (Å²) in [6, 6.07) is 3.62. The molecule has 0 bridgehead atoms. The summed E-state index contributed by atoms with van der Waals surface area (Å²) in [5.74, 6) is 7.35. The topological polar surface area (TPSA) is 72.2 Å². The molecule has 0 saturated heterocycles. The van der Waals surface area contributed by atoms with Crippen LogP contribution in [0.3, 0.4) is 0 Å². The first-order valence-corrected chi connectivity index (χ1v) is 7.20. The molecular formula is C13H20BrN5O. The summed E-state index contributed by atoms with van der Waals surface area (Å²) >= 11 is 3.54. The highest BCUT2D eigenvalue weighted by atomic mass is 79.9. The Bertz CT molecular complexity index is 563. The van der Waals surface area contributed by atoms with E-state index < -0.39 is 0 Å². The zero-order valence-corrected chi connectivity index (χ0v) is 13.5. The largest absolute Gasteiger partial charge is 0.464 e. The van der Waals surface area contributed by atoms with E-state index in [0.29, 0.717) is 0 Å². The van der Waals surface area contributed by atoms with Crippen molar-refractivity contribution in [3.05, 3.63) is 40.0 Å². The van der Waals surface area contributed by atoms with Gasteiger partial charge in [-0.15, -0.1) is 0 Å². The van der Waals surface area contributed by atoms with E-state index in [-0.39, 0.29) is 6.04 Å². The summed E-state index contributed by atoms with van der Waals surface area (Å²) in [6.07, 6.45) is 1.78. The highest BCUT2D eigenvalue weighted by molar-refractivity contribution is 9.10. The number of nitrogens with zero attached hydrogens (tertiary/aromatic N) is 3. The number of hydrogen-bond acceptors (Lipinski definition) is 5. The van der Waals surface area contributed by atoms with Crippen molar-refractivity contribution in [1.82, 2.24) is 20.1 Å². The molecule has 20 heavy (non-hydrogen) atoms. The number of nitrogens with one attached hydrogen (secondary N) is 1. The van der Waals surface area contributed by atoms with Gasteiger partial charge < -0.3 is 9.32 Å². The number of aromatic nitrogens is 2. The maximum atomic E-state index is 5.72. The summed E-state index contributed by atoms with van der Waals surface area (Å²) in [5.41, 5.74) is 3.77. The van der Waals surface area contributed by atoms with Crippen LogP contribution in [0.15, 0.2) is 27.2 Å². The minimum absolute atomic E-state index is 0.234. The minimum Gasteiger partial charge on any atom is -0.464 e. The van der Waals surface area contributed by atoms with Crippen LogP contribution in [-0.4, -0.2) is 35.3 Å². The van der Waals surface area contributed by atoms with Gasteiger partial charge in [0, 0.05) is 6.54 Å². The van der Waals surface area contributed by atoms with Crippen LogP contribution in [0.25, 0.3) is 0 Å². The summed E-state index contributed by atoms with van der Waals surface area (Å²) in [6.45, 7) is 3.59. The minimum atomic E-state index is -0.234. The summed E-state index contributed by atoms with van der Waals surface area (Å²) in [4.78, 5) is 2.11. The van der Waals surface area contributed by atoms with E-state index in [1.165, 1.54) is 0 Å². The first-order chi connectivity index (χ1) is 9.52. The summed E-state index contributed by atoms with van der Waals surface area (Å²) in [5, 5.41) is 4.39. The molecule has 0 radical (unpaired) electrons. The van der Waals surface area contributed by atoms with Crippen LogP contribution in [0.4, 0.5) is 0 Å². The molecule has 0 spiro atoms. The molecule has 0 aliphatic rings. The Balaban J connectivity index is 2.31. The van der Waals surface area contributed by atoms with E-state index in [4.69, 9.17) is 10.3 Å². The average Bonchev–Trinajstić information content (AvgIpc) is 2.97. The highest BCUT2D eigenvalue weighted by Crippen LogP contribution is 2.29. The number of rotatable bonds is 6. The van der Waals surface area contributed by atoms with E-state index in [1.54, 1.807) is 6.20 Å². The number of furan rings is 1. The van der Waals surface area contributed by atoms with Gasteiger partial charge in [0.2, 0.25) is 0 Å². The fourth-order valence-corrected chi connectivity index (χ4v) is 2.56. The zero-order chi connectivity index (χ0) is 14.7. The van der Waals surface area contributed by atoms with E-state index in [0.717, 1.165) is 34.8 Å². The molecule has 0 saturated carbocycles. The molecule has 0 amide bonds. The second kappa shape index (κ2) is 6.53. The standard InChI is InChI=1S/C13H20BrN5O/c1-9-4-5-11(20-9)12(17-15)13-10(14)8-16-19(13)7-6-18(2)3/h4-5,8,12,17H,6-7,15H2,1-3H3. The molecule has 2 aromatic rings. The Morgan fingerprint density at radius 2 is 2.25 bits per heavy atom. The van der Waals surface area contributed by atoms with Crippen molar-refractivity contribution < 1.29 is 4.42 Å². The molecule has 0 aliphatic heterocycles. The molecule has 2 aromatic heterocycles. The van der Waals surface area contributed by atoms with Crippen molar-refractivity contribution in [3.8, 4) is 0 Å². The van der Waals surface area contributed by atoms with Gasteiger partial charge in [0.25, 0.3) is 0 Å². The molecule has 6 nitrogen and oxygen atoms in total. The number of nitrogens with two attached hydrogens (primary N) is 1. The summed E-state index contributed by atoms with van der Waals surface area (Å²) < 4.78 is 8.53. The van der Waals surface area contributed by atoms with Crippen LogP contribution < -0.4 is 11.3 Å². The van der Waals surface area contributed by atoms with Crippen LogP contribution in [-0.2, 0) is 6.54 Å². The first kappa shape index (κ1) is 15.2. The van der Waals surface area contributed by atoms with Gasteiger partial charge in [0.05, 0.1) is 22.9 Å². The Morgan fingerprint density at radius 1 is 1.50 bits per heavy atom. The van der Waals surface area contributed by atoms with Crippen molar-refractivity contribution in [2.45, 2.75) is 19.5 Å². The number of hydrazine groups is 1. The van der Waals surface area contributed by atoms with Crippen molar-refractivity contribution in [2.24, 2.45) is 5.84 Å². The molecule has 2 rings (SSSR count). The second-order valence-electron chi connectivity index (χ2n) is 4.95. The fourth-order valence-electron chi connectivity index (χ4n) is 2.04. The van der Waals surface area contributed by atoms with E-state index in [1.807, 2.05) is 37.8 Å². The lowest BCUT2D eigenvalue weighted by atomic mass is 10.1. The maximum absolute atomic E-state index is 5.72. The van der Waals surface area contributed by atoms with Crippen LogP contribution in [0.2, 0.25) is 0 Å². The lowest BCUT2D eigenvalue weighted by Gasteiger charge is -2.18. The van der Waals surface area contributed by atoms with Crippen molar-refractivity contribution >= 4 is 15.9 Å². The zero-order valence-electron chi connectivity index (χ0n) is 11.9. The Hall–Kier alpha value is -1.15. The lowest BCUT2D eigenvalue weighted by molar-refractivity contribution is 0.359. The predicted octanol–water partition coefficient (Wildman–Crippen LogP) is 1.66. The molecule has 110 valence electrons. The molecule has 0 fully saturated rings. The Kier molecular flexibility index (Phi) is 4.98. The third-order valence-corrected chi connectivity index (χ3v) is 3.69. The van der Waals surface area contributed by atoms with Gasteiger partial charge in [-0.2, -0.15) is 5.10 Å². The number of halogens is 1. The summed E-state index contributed by atoms with van der Waals surface area (Å²) in [7, 11) is 4.07. The average molecular weight is 342 g/mol. The quantitative estimate of drug-likeness (QED) is 0.617. The smallest absolute Gasteiger partial charge is 0.128 e. The highest BCUT2D eigenvalue weighted by Gasteiger charge is 2.23. The van der Waals surface area contributed by atoms with Crippen molar-refractivity contribution in [1.29, 1.82) is 0 Å². The molecule has 1 atom stereocenters. The van der Waals surface area contributed by atoms with Crippen LogP contribution in [0.1, 0.15) is 23.3 Å². The molecule has 0 aromatic carbocycles. The molecule has 0 aliphatic carbocycles. The van der Waals surface area contributed by atoms with Gasteiger partial charge >= 0.3 is 0 Å². The van der Waals surface area contributed by atoms with Gasteiger partial charge in [0.15, 0.2) is 0 Å². The SMILES string of the molecule is Cc1ccc(C(NN)c2c(Br)cnn2CCN(C)C)o1. The number of hydrogen-bond donors (Lipinski definition) is 2. The Labute approximate surface area is 127 Å². The second-order valence-corrected chi connectivity index (χ2v) is 5.81. The monoisotopic (exact) mass is 341 g/mol. The van der Waals surface area contributed by atoms with E-state index in [9.17, 15) is 0 Å². The predicted molar refractivity (Wildman–Crippen MR) is 81.1 cm³/mol. The van der Waals surface area contributed by atoms with Crippen molar-refractivity contribution in [3.63, 3.8) is 0 Å². The molecule has 3 N–H and O–H groups in total. The van der Waals surface area contributed by atoms with Gasteiger partial charge in [0.1, 0.15) is 17.6 Å². The van der Waals surface area contributed by atoms with Gasteiger partial charge in [-0.3, -0.25) is 10.5 Å². The van der Waals surface area contributed by atoms with Crippen molar-refractivity contribution in [2.75, 3.05) is 20.6 Å². The van der Waals surface area contributed by atoms with Gasteiger partial charge in [-0.1, -0.05) is 0 Å². The molecule has 2 heterocycles. The van der Waals surface area contributed by atoms with Crippen LogP contribution in [0.5, 0.6) is 0 Å². The number of likely N-dealkylation sites (N-methyl/N-ethyl adjacent to an activating group) is 1. The molecule has 1 unspecified atom stereocenters. The normalized spacial score (nSPS) is 13.1. The first-order valence-electron chi connectivity index (χ1n) is 6.41. The van der Waals surface area contributed by atoms with Crippen LogP contribution in [0, 0.1) is 6.92 Å². The van der Waals surface area contributed by atoms with Crippen LogP contribution >= 0.6 is 15.9 Å². The van der Waals surface area contributed by atoms with Gasteiger partial charge in [-0.05, 0) is 49.1 Å². The Morgan fingerprint density at radius 3 is 2.80 bits per heavy atom. The molecule has 7 heteroatoms. The lowest BCUT2D eigenvalue weighted by Crippen LogP contribution is -2.31. The third-order valence-electron chi connectivity index (χ3n) is 3.08. The van der Waals surface area contributed by atoms with E-state index >= 15 is 0 Å². The fraction of sp³-hybridized carbons (Fsp3) is 0.462.